The Labute approximate surface area is 97.2 Å². The lowest BCUT2D eigenvalue weighted by Gasteiger charge is -2.19. The van der Waals surface area contributed by atoms with E-state index in [0.717, 1.165) is 11.8 Å². The van der Waals surface area contributed by atoms with Gasteiger partial charge in [-0.25, -0.2) is 0 Å². The highest BCUT2D eigenvalue weighted by Gasteiger charge is 2.10. The molecule has 0 heterocycles. The summed E-state index contributed by atoms with van der Waals surface area (Å²) in [6, 6.07) is 0. The monoisotopic (exact) mass is 210 g/mol. The first-order valence-electron chi connectivity index (χ1n) is 6.85. The van der Waals surface area contributed by atoms with E-state index in [9.17, 15) is 0 Å². The van der Waals surface area contributed by atoms with Crippen LogP contribution in [0.15, 0.2) is 12.7 Å². The highest BCUT2D eigenvalue weighted by molar-refractivity contribution is 4.68. The molecule has 0 N–H and O–H groups in total. The zero-order valence-electron chi connectivity index (χ0n) is 11.1. The third-order valence-electron chi connectivity index (χ3n) is 3.40. The quantitative estimate of drug-likeness (QED) is 0.326. The maximum absolute atomic E-state index is 3.78. The van der Waals surface area contributed by atoms with Gasteiger partial charge < -0.3 is 0 Å². The summed E-state index contributed by atoms with van der Waals surface area (Å²) in [5.74, 6) is 1.90. The minimum Gasteiger partial charge on any atom is -0.103 e. The van der Waals surface area contributed by atoms with E-state index in [4.69, 9.17) is 0 Å². The van der Waals surface area contributed by atoms with E-state index < -0.39 is 0 Å². The molecule has 0 radical (unpaired) electrons. The van der Waals surface area contributed by atoms with Gasteiger partial charge in [0.05, 0.1) is 0 Å². The summed E-state index contributed by atoms with van der Waals surface area (Å²) in [5, 5.41) is 0. The lowest BCUT2D eigenvalue weighted by molar-refractivity contribution is 0.333. The average Bonchev–Trinajstić information content (AvgIpc) is 2.24. The number of allylic oxidation sites excluding steroid dienone is 1. The largest absolute Gasteiger partial charge is 0.103 e. The van der Waals surface area contributed by atoms with E-state index in [-0.39, 0.29) is 0 Å². The standard InChI is InChI=1S/C15H30/c1-5-8-9-10-12-15(11-6-2)13-14(4)7-3/h5,14-15H,1,6-13H2,2-4H3. The molecule has 2 unspecified atom stereocenters. The Bertz CT molecular complexity index is 137. The van der Waals surface area contributed by atoms with Crippen LogP contribution in [0, 0.1) is 11.8 Å². The van der Waals surface area contributed by atoms with Gasteiger partial charge in [0.2, 0.25) is 0 Å². The first kappa shape index (κ1) is 14.7. The number of rotatable bonds is 10. The lowest BCUT2D eigenvalue weighted by Crippen LogP contribution is -2.06. The smallest absolute Gasteiger partial charge is 0.0353 e. The van der Waals surface area contributed by atoms with Gasteiger partial charge in [-0.3, -0.25) is 0 Å². The van der Waals surface area contributed by atoms with Crippen molar-refractivity contribution < 1.29 is 0 Å². The molecule has 0 aliphatic carbocycles. The summed E-state index contributed by atoms with van der Waals surface area (Å²) in [6.07, 6.45) is 13.0. The predicted octanol–water partition coefficient (Wildman–Crippen LogP) is 5.59. The lowest BCUT2D eigenvalue weighted by atomic mass is 9.87. The number of unbranched alkanes of at least 4 members (excludes halogenated alkanes) is 2. The maximum atomic E-state index is 3.78. The van der Waals surface area contributed by atoms with Crippen molar-refractivity contribution in [3.63, 3.8) is 0 Å². The fraction of sp³-hybridized carbons (Fsp3) is 0.867. The van der Waals surface area contributed by atoms with Crippen molar-refractivity contribution in [1.29, 1.82) is 0 Å². The first-order chi connectivity index (χ1) is 7.24. The number of hydrogen-bond donors (Lipinski definition) is 0. The van der Waals surface area contributed by atoms with Crippen LogP contribution in [0.4, 0.5) is 0 Å². The van der Waals surface area contributed by atoms with Crippen molar-refractivity contribution in [3.8, 4) is 0 Å². The molecule has 0 spiro atoms. The molecule has 15 heavy (non-hydrogen) atoms. The van der Waals surface area contributed by atoms with Crippen LogP contribution in [-0.2, 0) is 0 Å². The van der Waals surface area contributed by atoms with Gasteiger partial charge in [0.1, 0.15) is 0 Å². The molecule has 2 atom stereocenters. The SMILES string of the molecule is C=CCCCCC(CCC)CC(C)CC. The Morgan fingerprint density at radius 1 is 1.13 bits per heavy atom. The van der Waals surface area contributed by atoms with Crippen LogP contribution in [0.25, 0.3) is 0 Å². The molecule has 0 amide bonds. The molecule has 0 aromatic carbocycles. The van der Waals surface area contributed by atoms with E-state index in [0.29, 0.717) is 0 Å². The Hall–Kier alpha value is -0.260. The van der Waals surface area contributed by atoms with Crippen LogP contribution >= 0.6 is 0 Å². The average molecular weight is 210 g/mol. The molecular weight excluding hydrogens is 180 g/mol. The molecular formula is C15H30. The third-order valence-corrected chi connectivity index (χ3v) is 3.40. The second kappa shape index (κ2) is 10.3. The van der Waals surface area contributed by atoms with E-state index in [1.807, 2.05) is 6.08 Å². The molecule has 0 saturated carbocycles. The Morgan fingerprint density at radius 2 is 1.87 bits per heavy atom. The minimum absolute atomic E-state index is 0.918. The molecule has 0 aromatic rings. The fourth-order valence-electron chi connectivity index (χ4n) is 2.25. The van der Waals surface area contributed by atoms with Crippen LogP contribution in [-0.4, -0.2) is 0 Å². The molecule has 90 valence electrons. The van der Waals surface area contributed by atoms with Gasteiger partial charge in [0, 0.05) is 0 Å². The second-order valence-corrected chi connectivity index (χ2v) is 4.98. The Balaban J connectivity index is 3.66. The van der Waals surface area contributed by atoms with Crippen molar-refractivity contribution in [2.45, 2.75) is 72.1 Å². The van der Waals surface area contributed by atoms with Crippen LogP contribution in [0.3, 0.4) is 0 Å². The topological polar surface area (TPSA) is 0 Å². The Kier molecular flexibility index (Phi) is 10.1. The van der Waals surface area contributed by atoms with Crippen molar-refractivity contribution in [2.75, 3.05) is 0 Å². The first-order valence-corrected chi connectivity index (χ1v) is 6.85. The van der Waals surface area contributed by atoms with Crippen molar-refractivity contribution in [1.82, 2.24) is 0 Å². The summed E-state index contributed by atoms with van der Waals surface area (Å²) in [4.78, 5) is 0. The van der Waals surface area contributed by atoms with Gasteiger partial charge in [-0.2, -0.15) is 0 Å². The van der Waals surface area contributed by atoms with Gasteiger partial charge in [-0.1, -0.05) is 59.0 Å². The van der Waals surface area contributed by atoms with E-state index in [2.05, 4.69) is 27.4 Å². The van der Waals surface area contributed by atoms with E-state index in [1.54, 1.807) is 0 Å². The molecule has 0 nitrogen and oxygen atoms in total. The molecule has 0 aromatic heterocycles. The van der Waals surface area contributed by atoms with E-state index >= 15 is 0 Å². The maximum Gasteiger partial charge on any atom is -0.0353 e. The van der Waals surface area contributed by atoms with Crippen LogP contribution in [0.5, 0.6) is 0 Å². The number of hydrogen-bond acceptors (Lipinski definition) is 0. The zero-order valence-corrected chi connectivity index (χ0v) is 11.1. The zero-order chi connectivity index (χ0) is 11.5. The van der Waals surface area contributed by atoms with Crippen LogP contribution in [0.1, 0.15) is 72.1 Å². The highest BCUT2D eigenvalue weighted by atomic mass is 14.2. The van der Waals surface area contributed by atoms with Crippen LogP contribution < -0.4 is 0 Å². The third kappa shape index (κ3) is 8.72. The van der Waals surface area contributed by atoms with Gasteiger partial charge in [0.25, 0.3) is 0 Å². The highest BCUT2D eigenvalue weighted by Crippen LogP contribution is 2.24. The van der Waals surface area contributed by atoms with Crippen molar-refractivity contribution >= 4 is 0 Å². The van der Waals surface area contributed by atoms with Crippen LogP contribution in [0.2, 0.25) is 0 Å². The molecule has 0 heteroatoms. The van der Waals surface area contributed by atoms with Gasteiger partial charge in [-0.05, 0) is 31.1 Å². The van der Waals surface area contributed by atoms with Crippen molar-refractivity contribution in [2.24, 2.45) is 11.8 Å². The molecule has 0 aliphatic heterocycles. The molecule has 0 saturated heterocycles. The molecule has 0 aliphatic rings. The Morgan fingerprint density at radius 3 is 2.40 bits per heavy atom. The summed E-state index contributed by atoms with van der Waals surface area (Å²) in [6.45, 7) is 10.8. The summed E-state index contributed by atoms with van der Waals surface area (Å²) in [5.41, 5.74) is 0. The minimum atomic E-state index is 0.918. The van der Waals surface area contributed by atoms with E-state index in [1.165, 1.54) is 51.4 Å². The molecule has 0 rings (SSSR count). The van der Waals surface area contributed by atoms with Crippen molar-refractivity contribution in [3.05, 3.63) is 12.7 Å². The summed E-state index contributed by atoms with van der Waals surface area (Å²) < 4.78 is 0. The fourth-order valence-corrected chi connectivity index (χ4v) is 2.25. The van der Waals surface area contributed by atoms with Gasteiger partial charge in [0.15, 0.2) is 0 Å². The normalized spacial score (nSPS) is 14.9. The summed E-state index contributed by atoms with van der Waals surface area (Å²) >= 11 is 0. The second-order valence-electron chi connectivity index (χ2n) is 4.98. The molecule has 0 bridgehead atoms. The van der Waals surface area contributed by atoms with Gasteiger partial charge >= 0.3 is 0 Å². The van der Waals surface area contributed by atoms with Gasteiger partial charge in [-0.15, -0.1) is 6.58 Å². The summed E-state index contributed by atoms with van der Waals surface area (Å²) in [7, 11) is 0. The predicted molar refractivity (Wildman–Crippen MR) is 71.1 cm³/mol. The molecule has 0 fully saturated rings.